The Labute approximate surface area is 66.4 Å². The Morgan fingerprint density at radius 1 is 1.55 bits per heavy atom. The molecule has 0 bridgehead atoms. The van der Waals surface area contributed by atoms with Gasteiger partial charge in [0.1, 0.15) is 12.1 Å². The maximum Gasteiger partial charge on any atom is 0.147 e. The summed E-state index contributed by atoms with van der Waals surface area (Å²) in [6.07, 6.45) is 4.60. The van der Waals surface area contributed by atoms with E-state index >= 15 is 0 Å². The summed E-state index contributed by atoms with van der Waals surface area (Å²) in [6, 6.07) is 0. The SMILES string of the molecule is CN(C)C1=CC=C(C=O)CN1. The van der Waals surface area contributed by atoms with E-state index in [0.29, 0.717) is 6.54 Å². The van der Waals surface area contributed by atoms with Crippen LogP contribution in [0, 0.1) is 0 Å². The average Bonchev–Trinajstić information content (AvgIpc) is 2.05. The third-order valence-corrected chi connectivity index (χ3v) is 1.56. The molecule has 0 amide bonds. The minimum atomic E-state index is 0.632. The second kappa shape index (κ2) is 3.23. The fourth-order valence-corrected chi connectivity index (χ4v) is 0.885. The van der Waals surface area contributed by atoms with Gasteiger partial charge in [-0.1, -0.05) is 6.08 Å². The number of dihydropyridines is 1. The van der Waals surface area contributed by atoms with Crippen molar-refractivity contribution in [1.29, 1.82) is 0 Å². The Kier molecular flexibility index (Phi) is 2.31. The van der Waals surface area contributed by atoms with Crippen molar-refractivity contribution in [3.8, 4) is 0 Å². The lowest BCUT2D eigenvalue weighted by Crippen LogP contribution is -2.29. The zero-order valence-corrected chi connectivity index (χ0v) is 6.79. The van der Waals surface area contributed by atoms with Crippen LogP contribution in [0.4, 0.5) is 0 Å². The minimum absolute atomic E-state index is 0.632. The summed E-state index contributed by atoms with van der Waals surface area (Å²) in [4.78, 5) is 12.3. The molecule has 3 nitrogen and oxygen atoms in total. The number of rotatable bonds is 2. The number of allylic oxidation sites excluding steroid dienone is 2. The van der Waals surface area contributed by atoms with Gasteiger partial charge < -0.3 is 10.2 Å². The first kappa shape index (κ1) is 7.85. The summed E-state index contributed by atoms with van der Waals surface area (Å²) >= 11 is 0. The summed E-state index contributed by atoms with van der Waals surface area (Å²) in [5.74, 6) is 1.04. The van der Waals surface area contributed by atoms with Crippen molar-refractivity contribution in [3.63, 3.8) is 0 Å². The van der Waals surface area contributed by atoms with E-state index in [1.54, 1.807) is 0 Å². The molecule has 0 saturated heterocycles. The van der Waals surface area contributed by atoms with Gasteiger partial charge in [0, 0.05) is 26.2 Å². The Bertz CT molecular complexity index is 216. The van der Waals surface area contributed by atoms with Gasteiger partial charge in [0.25, 0.3) is 0 Å². The Morgan fingerprint density at radius 2 is 2.27 bits per heavy atom. The molecule has 0 aromatic rings. The summed E-state index contributed by atoms with van der Waals surface area (Å²) in [7, 11) is 3.91. The highest BCUT2D eigenvalue weighted by atomic mass is 16.1. The van der Waals surface area contributed by atoms with E-state index < -0.39 is 0 Å². The van der Waals surface area contributed by atoms with Crippen LogP contribution in [0.25, 0.3) is 0 Å². The zero-order valence-electron chi connectivity index (χ0n) is 6.79. The van der Waals surface area contributed by atoms with Gasteiger partial charge in [-0.25, -0.2) is 0 Å². The third kappa shape index (κ3) is 1.83. The molecule has 60 valence electrons. The lowest BCUT2D eigenvalue weighted by atomic mass is 10.2. The number of hydrogen-bond donors (Lipinski definition) is 1. The van der Waals surface area contributed by atoms with Crippen LogP contribution in [0.5, 0.6) is 0 Å². The smallest absolute Gasteiger partial charge is 0.147 e. The molecule has 0 aliphatic carbocycles. The minimum Gasteiger partial charge on any atom is -0.368 e. The van der Waals surface area contributed by atoms with E-state index in [0.717, 1.165) is 17.7 Å². The van der Waals surface area contributed by atoms with Crippen molar-refractivity contribution < 1.29 is 4.79 Å². The van der Waals surface area contributed by atoms with E-state index in [-0.39, 0.29) is 0 Å². The lowest BCUT2D eigenvalue weighted by molar-refractivity contribution is -0.105. The predicted molar refractivity (Wildman–Crippen MR) is 43.9 cm³/mol. The van der Waals surface area contributed by atoms with Crippen molar-refractivity contribution in [2.75, 3.05) is 20.6 Å². The number of nitrogens with zero attached hydrogens (tertiary/aromatic N) is 1. The van der Waals surface area contributed by atoms with E-state index in [9.17, 15) is 4.79 Å². The molecule has 11 heavy (non-hydrogen) atoms. The lowest BCUT2D eigenvalue weighted by Gasteiger charge is -2.21. The molecule has 1 rings (SSSR count). The maximum atomic E-state index is 10.3. The van der Waals surface area contributed by atoms with E-state index in [2.05, 4.69) is 5.32 Å². The number of hydrogen-bond acceptors (Lipinski definition) is 3. The van der Waals surface area contributed by atoms with Crippen molar-refractivity contribution in [3.05, 3.63) is 23.5 Å². The molecular formula is C8H12N2O. The van der Waals surface area contributed by atoms with Crippen LogP contribution >= 0.6 is 0 Å². The molecular weight excluding hydrogens is 140 g/mol. The summed E-state index contributed by atoms with van der Waals surface area (Å²) in [5.41, 5.74) is 0.788. The quantitative estimate of drug-likeness (QED) is 0.570. The molecule has 0 aromatic heterocycles. The molecule has 3 heteroatoms. The van der Waals surface area contributed by atoms with Gasteiger partial charge in [0.2, 0.25) is 0 Å². The van der Waals surface area contributed by atoms with Crippen LogP contribution in [0.2, 0.25) is 0 Å². The first-order chi connectivity index (χ1) is 5.24. The zero-order chi connectivity index (χ0) is 8.27. The molecule has 1 aliphatic rings. The van der Waals surface area contributed by atoms with Gasteiger partial charge in [-0.15, -0.1) is 0 Å². The largest absolute Gasteiger partial charge is 0.368 e. The first-order valence-electron chi connectivity index (χ1n) is 3.51. The maximum absolute atomic E-state index is 10.3. The molecule has 1 heterocycles. The summed E-state index contributed by atoms with van der Waals surface area (Å²) < 4.78 is 0. The van der Waals surface area contributed by atoms with Crippen molar-refractivity contribution in [2.45, 2.75) is 0 Å². The Morgan fingerprint density at radius 3 is 2.64 bits per heavy atom. The van der Waals surface area contributed by atoms with Gasteiger partial charge >= 0.3 is 0 Å². The molecule has 0 unspecified atom stereocenters. The molecule has 0 atom stereocenters. The van der Waals surface area contributed by atoms with Gasteiger partial charge in [0.05, 0.1) is 0 Å². The average molecular weight is 152 g/mol. The van der Waals surface area contributed by atoms with E-state index in [1.807, 2.05) is 31.1 Å². The summed E-state index contributed by atoms with van der Waals surface area (Å²) in [5, 5.41) is 3.11. The molecule has 0 radical (unpaired) electrons. The second-order valence-corrected chi connectivity index (χ2v) is 2.66. The Balaban J connectivity index is 2.69. The third-order valence-electron chi connectivity index (χ3n) is 1.56. The van der Waals surface area contributed by atoms with Gasteiger partial charge in [-0.2, -0.15) is 0 Å². The number of aldehydes is 1. The van der Waals surface area contributed by atoms with Crippen LogP contribution in [0.3, 0.4) is 0 Å². The van der Waals surface area contributed by atoms with E-state index in [4.69, 9.17) is 0 Å². The molecule has 0 spiro atoms. The first-order valence-corrected chi connectivity index (χ1v) is 3.51. The van der Waals surface area contributed by atoms with Crippen molar-refractivity contribution in [2.24, 2.45) is 0 Å². The highest BCUT2D eigenvalue weighted by Crippen LogP contribution is 2.02. The van der Waals surface area contributed by atoms with Crippen LogP contribution < -0.4 is 5.32 Å². The number of nitrogens with one attached hydrogen (secondary N) is 1. The Hall–Kier alpha value is -1.25. The van der Waals surface area contributed by atoms with Crippen molar-refractivity contribution in [1.82, 2.24) is 10.2 Å². The van der Waals surface area contributed by atoms with Gasteiger partial charge in [-0.3, -0.25) is 4.79 Å². The molecule has 0 aromatic carbocycles. The van der Waals surface area contributed by atoms with Gasteiger partial charge in [-0.05, 0) is 6.08 Å². The number of carbonyl (C=O) groups is 1. The monoisotopic (exact) mass is 152 g/mol. The molecule has 1 aliphatic heterocycles. The molecule has 1 N–H and O–H groups in total. The highest BCUT2D eigenvalue weighted by molar-refractivity contribution is 5.75. The van der Waals surface area contributed by atoms with Crippen LogP contribution in [-0.2, 0) is 4.79 Å². The van der Waals surface area contributed by atoms with Gasteiger partial charge in [0.15, 0.2) is 0 Å². The van der Waals surface area contributed by atoms with Crippen LogP contribution in [0.1, 0.15) is 0 Å². The number of carbonyl (C=O) groups excluding carboxylic acids is 1. The molecule has 0 saturated carbocycles. The highest BCUT2D eigenvalue weighted by Gasteiger charge is 2.04. The molecule has 0 fully saturated rings. The predicted octanol–water partition coefficient (Wildman–Crippen LogP) is 0.118. The van der Waals surface area contributed by atoms with Crippen LogP contribution in [0.15, 0.2) is 23.5 Å². The van der Waals surface area contributed by atoms with Crippen molar-refractivity contribution >= 4 is 6.29 Å². The van der Waals surface area contributed by atoms with E-state index in [1.165, 1.54) is 0 Å². The fourth-order valence-electron chi connectivity index (χ4n) is 0.885. The topological polar surface area (TPSA) is 32.3 Å². The summed E-state index contributed by atoms with van der Waals surface area (Å²) in [6.45, 7) is 0.632. The van der Waals surface area contributed by atoms with Crippen LogP contribution in [-0.4, -0.2) is 31.8 Å². The fraction of sp³-hybridized carbons (Fsp3) is 0.375. The standard InChI is InChI=1S/C8H12N2O/c1-10(2)8-4-3-7(6-11)5-9-8/h3-4,6,9H,5H2,1-2H3. The second-order valence-electron chi connectivity index (χ2n) is 2.66. The normalized spacial score (nSPS) is 16.2.